The van der Waals surface area contributed by atoms with Crippen molar-refractivity contribution in [1.82, 2.24) is 24.5 Å². The van der Waals surface area contributed by atoms with Crippen LogP contribution in [-0.2, 0) is 10.5 Å². The predicted molar refractivity (Wildman–Crippen MR) is 128 cm³/mol. The summed E-state index contributed by atoms with van der Waals surface area (Å²) in [5, 5.41) is 7.66. The van der Waals surface area contributed by atoms with Gasteiger partial charge in [-0.25, -0.2) is 13.9 Å². The van der Waals surface area contributed by atoms with Crippen LogP contribution in [0.5, 0.6) is 0 Å². The highest BCUT2D eigenvalue weighted by atomic mass is 32.2. The quantitative estimate of drug-likeness (QED) is 0.405. The Bertz CT molecular complexity index is 1370. The van der Waals surface area contributed by atoms with E-state index in [1.807, 2.05) is 32.0 Å². The molecule has 0 aliphatic heterocycles. The van der Waals surface area contributed by atoms with E-state index in [1.165, 1.54) is 34.9 Å². The van der Waals surface area contributed by atoms with E-state index in [0.29, 0.717) is 27.9 Å². The largest absolute Gasteiger partial charge is 0.332 e. The summed E-state index contributed by atoms with van der Waals surface area (Å²) in [5.41, 5.74) is 3.44. The summed E-state index contributed by atoms with van der Waals surface area (Å²) in [6.07, 6.45) is 0. The summed E-state index contributed by atoms with van der Waals surface area (Å²) in [5.74, 6) is -0.148. The number of anilines is 1. The summed E-state index contributed by atoms with van der Waals surface area (Å²) in [6, 6.07) is 14.8. The van der Waals surface area contributed by atoms with Gasteiger partial charge in [0.2, 0.25) is 11.1 Å². The van der Waals surface area contributed by atoms with Crippen LogP contribution in [0.1, 0.15) is 27.3 Å². The van der Waals surface area contributed by atoms with E-state index >= 15 is 0 Å². The topological polar surface area (TPSA) is 92.5 Å². The smallest absolute Gasteiger partial charge is 0.254 e. The molecule has 2 heterocycles. The third-order valence-electron chi connectivity index (χ3n) is 5.04. The normalized spacial score (nSPS) is 10.9. The van der Waals surface area contributed by atoms with E-state index in [-0.39, 0.29) is 12.5 Å². The van der Waals surface area contributed by atoms with Crippen molar-refractivity contribution in [3.05, 3.63) is 82.9 Å². The maximum absolute atomic E-state index is 13.3. The Morgan fingerprint density at radius 2 is 1.88 bits per heavy atom. The summed E-state index contributed by atoms with van der Waals surface area (Å²) in [4.78, 5) is 35.6. The molecule has 0 saturated heterocycles. The zero-order chi connectivity index (χ0) is 24.2. The van der Waals surface area contributed by atoms with Crippen LogP contribution < -0.4 is 5.32 Å². The zero-order valence-corrected chi connectivity index (χ0v) is 19.8. The second-order valence-corrected chi connectivity index (χ2v) is 8.75. The van der Waals surface area contributed by atoms with Crippen LogP contribution in [-0.4, -0.2) is 49.9 Å². The molecule has 2 aromatic heterocycles. The Morgan fingerprint density at radius 3 is 2.68 bits per heavy atom. The second kappa shape index (κ2) is 10.0. The zero-order valence-electron chi connectivity index (χ0n) is 18.9. The number of nitrogens with zero attached hydrogens (tertiary/aromatic N) is 5. The first kappa shape index (κ1) is 23.4. The number of carbonyl (C=O) groups is 2. The van der Waals surface area contributed by atoms with Gasteiger partial charge in [-0.2, -0.15) is 4.98 Å². The summed E-state index contributed by atoms with van der Waals surface area (Å²) in [6.45, 7) is 3.68. The molecule has 4 aromatic rings. The molecule has 34 heavy (non-hydrogen) atoms. The molecule has 0 fully saturated rings. The molecule has 0 spiro atoms. The van der Waals surface area contributed by atoms with Gasteiger partial charge < -0.3 is 10.2 Å². The van der Waals surface area contributed by atoms with Gasteiger partial charge in [0, 0.05) is 35.4 Å². The maximum Gasteiger partial charge on any atom is 0.254 e. The highest BCUT2D eigenvalue weighted by Gasteiger charge is 2.19. The molecule has 0 radical (unpaired) electrons. The van der Waals surface area contributed by atoms with E-state index < -0.39 is 11.7 Å². The van der Waals surface area contributed by atoms with E-state index in [1.54, 1.807) is 29.8 Å². The Labute approximate surface area is 200 Å². The number of carbonyl (C=O) groups excluding carboxylic acids is 2. The summed E-state index contributed by atoms with van der Waals surface area (Å²) in [7, 11) is 1.55. The first-order chi connectivity index (χ1) is 16.3. The molecule has 174 valence electrons. The number of thioether (sulfide) groups is 1. The lowest BCUT2D eigenvalue weighted by Crippen LogP contribution is -2.35. The van der Waals surface area contributed by atoms with E-state index in [2.05, 4.69) is 20.4 Å². The molecule has 2 aromatic carbocycles. The number of hydrogen-bond donors (Lipinski definition) is 1. The number of likely N-dealkylation sites (N-methyl/N-ethyl adjacent to an activating group) is 1. The minimum atomic E-state index is -0.449. The number of amides is 2. The van der Waals surface area contributed by atoms with Gasteiger partial charge in [-0.05, 0) is 49.7 Å². The highest BCUT2D eigenvalue weighted by molar-refractivity contribution is 7.98. The third kappa shape index (κ3) is 5.40. The fraction of sp³-hybridized carbons (Fsp3) is 0.208. The van der Waals surface area contributed by atoms with E-state index in [4.69, 9.17) is 0 Å². The average Bonchev–Trinajstić information content (AvgIpc) is 3.20. The van der Waals surface area contributed by atoms with Crippen molar-refractivity contribution >= 4 is 35.0 Å². The van der Waals surface area contributed by atoms with Gasteiger partial charge in [-0.3, -0.25) is 9.59 Å². The number of hydrogen-bond acceptors (Lipinski definition) is 6. The molecule has 2 amide bonds. The van der Waals surface area contributed by atoms with Gasteiger partial charge in [0.15, 0.2) is 0 Å². The molecule has 0 atom stereocenters. The molecule has 8 nitrogen and oxygen atoms in total. The van der Waals surface area contributed by atoms with Gasteiger partial charge in [-0.1, -0.05) is 36.0 Å². The Balaban J connectivity index is 1.43. The van der Waals surface area contributed by atoms with Crippen LogP contribution in [0.25, 0.3) is 5.78 Å². The SMILES string of the molecule is Cc1cc(C)n2nc(SCc3ccccc3C(=O)N(C)CC(=O)Nc3cccc(F)c3)nc2n1. The fourth-order valence-electron chi connectivity index (χ4n) is 3.47. The molecule has 0 unspecified atom stereocenters. The monoisotopic (exact) mass is 478 g/mol. The molecule has 10 heteroatoms. The van der Waals surface area contributed by atoms with Gasteiger partial charge in [0.05, 0.1) is 6.54 Å². The first-order valence-electron chi connectivity index (χ1n) is 10.5. The van der Waals surface area contributed by atoms with Crippen LogP contribution in [0.4, 0.5) is 10.1 Å². The van der Waals surface area contributed by atoms with Crippen LogP contribution in [0.15, 0.2) is 59.8 Å². The fourth-order valence-corrected chi connectivity index (χ4v) is 4.29. The van der Waals surface area contributed by atoms with E-state index in [9.17, 15) is 14.0 Å². The molecule has 0 bridgehead atoms. The summed E-state index contributed by atoms with van der Waals surface area (Å²) < 4.78 is 15.0. The van der Waals surface area contributed by atoms with Crippen molar-refractivity contribution < 1.29 is 14.0 Å². The number of aryl methyl sites for hydroxylation is 2. The van der Waals surface area contributed by atoms with Crippen LogP contribution >= 0.6 is 11.8 Å². The molecule has 1 N–H and O–H groups in total. The first-order valence-corrected chi connectivity index (χ1v) is 11.5. The van der Waals surface area contributed by atoms with Crippen molar-refractivity contribution in [1.29, 1.82) is 0 Å². The standard InChI is InChI=1S/C24H23FN6O2S/c1-15-11-16(2)31-23(26-15)28-24(29-31)34-14-17-7-4-5-10-20(17)22(33)30(3)13-21(32)27-19-9-6-8-18(25)12-19/h4-12H,13-14H2,1-3H3,(H,27,32). The van der Waals surface area contributed by atoms with Gasteiger partial charge >= 0.3 is 0 Å². The minimum absolute atomic E-state index is 0.172. The maximum atomic E-state index is 13.3. The Morgan fingerprint density at radius 1 is 1.09 bits per heavy atom. The van der Waals surface area contributed by atoms with Crippen LogP contribution in [0.3, 0.4) is 0 Å². The average molecular weight is 479 g/mol. The molecule has 4 rings (SSSR count). The molecular weight excluding hydrogens is 455 g/mol. The van der Waals surface area contributed by atoms with Crippen molar-refractivity contribution in [2.75, 3.05) is 18.9 Å². The lowest BCUT2D eigenvalue weighted by atomic mass is 10.1. The number of fused-ring (bicyclic) bond motifs is 1. The number of aromatic nitrogens is 4. The van der Waals surface area contributed by atoms with Crippen LogP contribution in [0, 0.1) is 19.7 Å². The summed E-state index contributed by atoms with van der Waals surface area (Å²) >= 11 is 1.41. The molecule has 0 aliphatic rings. The van der Waals surface area contributed by atoms with Gasteiger partial charge in [-0.15, -0.1) is 5.10 Å². The number of halogens is 1. The molecule has 0 saturated carbocycles. The lowest BCUT2D eigenvalue weighted by Gasteiger charge is -2.18. The van der Waals surface area contributed by atoms with Crippen molar-refractivity contribution in [3.8, 4) is 0 Å². The van der Waals surface area contributed by atoms with Crippen molar-refractivity contribution in [2.24, 2.45) is 0 Å². The van der Waals surface area contributed by atoms with Crippen LogP contribution in [0.2, 0.25) is 0 Å². The third-order valence-corrected chi connectivity index (χ3v) is 5.93. The molecule has 0 aliphatic carbocycles. The number of rotatable bonds is 7. The Kier molecular flexibility index (Phi) is 6.87. The number of nitrogens with one attached hydrogen (secondary N) is 1. The number of benzene rings is 2. The lowest BCUT2D eigenvalue weighted by molar-refractivity contribution is -0.116. The highest BCUT2D eigenvalue weighted by Crippen LogP contribution is 2.23. The minimum Gasteiger partial charge on any atom is -0.332 e. The second-order valence-electron chi connectivity index (χ2n) is 7.81. The van der Waals surface area contributed by atoms with Crippen molar-refractivity contribution in [2.45, 2.75) is 24.8 Å². The van der Waals surface area contributed by atoms with Gasteiger partial charge in [0.1, 0.15) is 5.82 Å². The Hall–Kier alpha value is -3.79. The predicted octanol–water partition coefficient (Wildman–Crippen LogP) is 3.88. The van der Waals surface area contributed by atoms with Gasteiger partial charge in [0.25, 0.3) is 11.7 Å². The van der Waals surface area contributed by atoms with Crippen molar-refractivity contribution in [3.63, 3.8) is 0 Å². The van der Waals surface area contributed by atoms with E-state index in [0.717, 1.165) is 17.0 Å². The molecular formula is C24H23FN6O2S.